The van der Waals surface area contributed by atoms with E-state index in [-0.39, 0.29) is 6.03 Å². The lowest BCUT2D eigenvalue weighted by atomic mass is 10.1. The molecule has 0 saturated heterocycles. The average Bonchev–Trinajstić information content (AvgIpc) is 2.73. The molecule has 0 fully saturated rings. The second-order valence-corrected chi connectivity index (χ2v) is 6.15. The van der Waals surface area contributed by atoms with E-state index in [1.54, 1.807) is 12.4 Å². The Kier molecular flexibility index (Phi) is 6.41. The number of amides is 2. The van der Waals surface area contributed by atoms with Crippen LogP contribution in [0.15, 0.2) is 73.1 Å². The highest BCUT2D eigenvalue weighted by atomic mass is 16.5. The summed E-state index contributed by atoms with van der Waals surface area (Å²) in [6.45, 7) is 3.02. The topological polar surface area (TPSA) is 63.2 Å². The molecule has 0 unspecified atom stereocenters. The van der Waals surface area contributed by atoms with E-state index in [0.29, 0.717) is 13.2 Å². The summed E-state index contributed by atoms with van der Waals surface area (Å²) in [6.07, 6.45) is 4.50. The molecular formula is C22H23N3O2. The number of carbonyl (C=O) groups is 1. The molecule has 0 bridgehead atoms. The summed E-state index contributed by atoms with van der Waals surface area (Å²) in [6, 6.07) is 19.2. The predicted octanol–water partition coefficient (Wildman–Crippen LogP) is 4.54. The van der Waals surface area contributed by atoms with Gasteiger partial charge in [-0.3, -0.25) is 4.98 Å². The van der Waals surface area contributed by atoms with Gasteiger partial charge in [0.2, 0.25) is 0 Å². The number of ether oxygens (including phenoxy) is 1. The molecule has 0 atom stereocenters. The average molecular weight is 361 g/mol. The Labute approximate surface area is 159 Å². The Morgan fingerprint density at radius 3 is 2.37 bits per heavy atom. The minimum Gasteiger partial charge on any atom is -0.489 e. The van der Waals surface area contributed by atoms with Gasteiger partial charge in [0.05, 0.1) is 0 Å². The largest absolute Gasteiger partial charge is 0.489 e. The van der Waals surface area contributed by atoms with Crippen LogP contribution in [0.4, 0.5) is 10.5 Å². The summed E-state index contributed by atoms with van der Waals surface area (Å²) in [7, 11) is 0. The number of hydrogen-bond acceptors (Lipinski definition) is 3. The van der Waals surface area contributed by atoms with E-state index in [2.05, 4.69) is 22.5 Å². The van der Waals surface area contributed by atoms with Crippen molar-refractivity contribution in [3.05, 3.63) is 89.7 Å². The van der Waals surface area contributed by atoms with Gasteiger partial charge < -0.3 is 15.4 Å². The number of benzene rings is 2. The van der Waals surface area contributed by atoms with Crippen LogP contribution in [0.3, 0.4) is 0 Å². The lowest BCUT2D eigenvalue weighted by Crippen LogP contribution is -2.28. The molecule has 0 saturated carbocycles. The van der Waals surface area contributed by atoms with E-state index in [1.165, 1.54) is 5.56 Å². The van der Waals surface area contributed by atoms with E-state index in [4.69, 9.17) is 4.74 Å². The predicted molar refractivity (Wildman–Crippen MR) is 107 cm³/mol. The number of aromatic nitrogens is 1. The van der Waals surface area contributed by atoms with Gasteiger partial charge in [-0.1, -0.05) is 37.3 Å². The monoisotopic (exact) mass is 361 g/mol. The first kappa shape index (κ1) is 18.5. The van der Waals surface area contributed by atoms with Gasteiger partial charge in [-0.2, -0.15) is 0 Å². The van der Waals surface area contributed by atoms with Gasteiger partial charge in [0.15, 0.2) is 0 Å². The van der Waals surface area contributed by atoms with Crippen LogP contribution in [-0.2, 0) is 19.6 Å². The fourth-order valence-corrected chi connectivity index (χ4v) is 2.54. The van der Waals surface area contributed by atoms with Crippen molar-refractivity contribution in [3.8, 4) is 5.75 Å². The van der Waals surface area contributed by atoms with E-state index >= 15 is 0 Å². The Morgan fingerprint density at radius 2 is 1.70 bits per heavy atom. The number of rotatable bonds is 7. The van der Waals surface area contributed by atoms with Gasteiger partial charge in [-0.15, -0.1) is 0 Å². The van der Waals surface area contributed by atoms with Gasteiger partial charge in [0, 0.05) is 30.2 Å². The van der Waals surface area contributed by atoms with Crippen LogP contribution in [0.5, 0.6) is 5.75 Å². The van der Waals surface area contributed by atoms with Gasteiger partial charge in [-0.25, -0.2) is 4.79 Å². The van der Waals surface area contributed by atoms with Crippen LogP contribution in [0.2, 0.25) is 0 Å². The standard InChI is InChI=1S/C22H23N3O2/c1-2-17-5-9-20(10-6-17)25-22(26)24-15-18-7-11-21(12-8-18)27-16-19-4-3-13-23-14-19/h3-14H,2,15-16H2,1H3,(H2,24,25,26). The van der Waals surface area contributed by atoms with Gasteiger partial charge in [0.1, 0.15) is 12.4 Å². The molecule has 5 heteroatoms. The van der Waals surface area contributed by atoms with Crippen LogP contribution in [0, 0.1) is 0 Å². The van der Waals surface area contributed by atoms with Crippen LogP contribution in [0.1, 0.15) is 23.6 Å². The molecule has 2 aromatic carbocycles. The molecule has 2 N–H and O–H groups in total. The second-order valence-electron chi connectivity index (χ2n) is 6.15. The van der Waals surface area contributed by atoms with Crippen molar-refractivity contribution in [2.75, 3.05) is 5.32 Å². The van der Waals surface area contributed by atoms with E-state index in [0.717, 1.165) is 29.0 Å². The Morgan fingerprint density at radius 1 is 0.963 bits per heavy atom. The fraction of sp³-hybridized carbons (Fsp3) is 0.182. The van der Waals surface area contributed by atoms with Crippen LogP contribution in [0.25, 0.3) is 0 Å². The molecule has 3 aromatic rings. The zero-order valence-corrected chi connectivity index (χ0v) is 15.3. The highest BCUT2D eigenvalue weighted by Gasteiger charge is 2.03. The molecule has 1 aromatic heterocycles. The molecule has 0 aliphatic heterocycles. The summed E-state index contributed by atoms with van der Waals surface area (Å²) in [5.41, 5.74) is 4.04. The smallest absolute Gasteiger partial charge is 0.319 e. The minimum atomic E-state index is -0.226. The second kappa shape index (κ2) is 9.38. The molecule has 0 aliphatic carbocycles. The van der Waals surface area contributed by atoms with Crippen molar-refractivity contribution in [1.82, 2.24) is 10.3 Å². The quantitative estimate of drug-likeness (QED) is 0.649. The molecule has 27 heavy (non-hydrogen) atoms. The Balaban J connectivity index is 1.44. The van der Waals surface area contributed by atoms with Crippen LogP contribution < -0.4 is 15.4 Å². The summed E-state index contributed by atoms with van der Waals surface area (Å²) < 4.78 is 5.73. The molecule has 2 amide bonds. The minimum absolute atomic E-state index is 0.226. The van der Waals surface area contributed by atoms with Crippen molar-refractivity contribution in [3.63, 3.8) is 0 Å². The number of nitrogens with one attached hydrogen (secondary N) is 2. The van der Waals surface area contributed by atoms with Gasteiger partial charge in [0.25, 0.3) is 0 Å². The van der Waals surface area contributed by atoms with Crippen molar-refractivity contribution in [2.45, 2.75) is 26.5 Å². The first-order valence-corrected chi connectivity index (χ1v) is 8.97. The number of carbonyl (C=O) groups excluding carboxylic acids is 1. The van der Waals surface area contributed by atoms with Crippen LogP contribution in [-0.4, -0.2) is 11.0 Å². The summed E-state index contributed by atoms with van der Waals surface area (Å²) in [5, 5.41) is 5.69. The third-order valence-electron chi connectivity index (χ3n) is 4.12. The maximum absolute atomic E-state index is 12.0. The third kappa shape index (κ3) is 5.85. The first-order chi connectivity index (χ1) is 13.2. The molecule has 1 heterocycles. The number of anilines is 1. The number of urea groups is 1. The lowest BCUT2D eigenvalue weighted by Gasteiger charge is -2.09. The highest BCUT2D eigenvalue weighted by Crippen LogP contribution is 2.14. The van der Waals surface area contributed by atoms with Gasteiger partial charge >= 0.3 is 6.03 Å². The number of hydrogen-bond donors (Lipinski definition) is 2. The van der Waals surface area contributed by atoms with Crippen molar-refractivity contribution < 1.29 is 9.53 Å². The molecule has 5 nitrogen and oxygen atoms in total. The molecule has 0 aliphatic rings. The third-order valence-corrected chi connectivity index (χ3v) is 4.12. The van der Waals surface area contributed by atoms with E-state index in [1.807, 2.05) is 60.7 Å². The number of aryl methyl sites for hydroxylation is 1. The van der Waals surface area contributed by atoms with Crippen LogP contribution >= 0.6 is 0 Å². The molecule has 138 valence electrons. The maximum atomic E-state index is 12.0. The highest BCUT2D eigenvalue weighted by molar-refractivity contribution is 5.89. The van der Waals surface area contributed by atoms with Gasteiger partial charge in [-0.05, 0) is 47.9 Å². The van der Waals surface area contributed by atoms with Crippen molar-refractivity contribution in [1.29, 1.82) is 0 Å². The zero-order chi connectivity index (χ0) is 18.9. The van der Waals surface area contributed by atoms with E-state index in [9.17, 15) is 4.79 Å². The zero-order valence-electron chi connectivity index (χ0n) is 15.3. The molecule has 0 spiro atoms. The first-order valence-electron chi connectivity index (χ1n) is 8.97. The number of nitrogens with zero attached hydrogens (tertiary/aromatic N) is 1. The van der Waals surface area contributed by atoms with Crippen molar-refractivity contribution in [2.24, 2.45) is 0 Å². The Hall–Kier alpha value is -3.34. The van der Waals surface area contributed by atoms with E-state index < -0.39 is 0 Å². The lowest BCUT2D eigenvalue weighted by molar-refractivity contribution is 0.251. The summed E-state index contributed by atoms with van der Waals surface area (Å²) in [4.78, 5) is 16.1. The molecule has 3 rings (SSSR count). The SMILES string of the molecule is CCc1ccc(NC(=O)NCc2ccc(OCc3cccnc3)cc2)cc1. The molecular weight excluding hydrogens is 338 g/mol. The fourth-order valence-electron chi connectivity index (χ4n) is 2.54. The normalized spacial score (nSPS) is 10.3. The maximum Gasteiger partial charge on any atom is 0.319 e. The summed E-state index contributed by atoms with van der Waals surface area (Å²) in [5.74, 6) is 0.781. The van der Waals surface area contributed by atoms with Crippen molar-refractivity contribution >= 4 is 11.7 Å². The Bertz CT molecular complexity index is 847. The molecule has 0 radical (unpaired) electrons. The summed E-state index contributed by atoms with van der Waals surface area (Å²) >= 11 is 0. The number of pyridine rings is 1.